The molecule has 0 atom stereocenters. The highest BCUT2D eigenvalue weighted by molar-refractivity contribution is 7.99. The maximum atomic E-state index is 14.3. The first-order chi connectivity index (χ1) is 16.1. The molecule has 1 aliphatic carbocycles. The summed E-state index contributed by atoms with van der Waals surface area (Å²) in [5, 5.41) is 14.3. The number of amides is 1. The van der Waals surface area contributed by atoms with Crippen LogP contribution in [0.4, 0.5) is 9.52 Å². The Kier molecular flexibility index (Phi) is 6.10. The van der Waals surface area contributed by atoms with E-state index in [9.17, 15) is 9.18 Å². The summed E-state index contributed by atoms with van der Waals surface area (Å²) in [6.07, 6.45) is 1.99. The van der Waals surface area contributed by atoms with Gasteiger partial charge in [0.1, 0.15) is 11.6 Å². The third kappa shape index (κ3) is 4.76. The van der Waals surface area contributed by atoms with Crippen molar-refractivity contribution in [1.29, 1.82) is 0 Å². The van der Waals surface area contributed by atoms with Crippen molar-refractivity contribution in [2.45, 2.75) is 24.0 Å². The molecule has 1 saturated carbocycles. The summed E-state index contributed by atoms with van der Waals surface area (Å²) in [6.45, 7) is 0. The number of hydrogen-bond acceptors (Lipinski definition) is 7. The van der Waals surface area contributed by atoms with Crippen LogP contribution in [-0.4, -0.2) is 38.5 Å². The van der Waals surface area contributed by atoms with Crippen molar-refractivity contribution >= 4 is 34.1 Å². The molecule has 2 aromatic carbocycles. The van der Waals surface area contributed by atoms with Crippen molar-refractivity contribution in [3.63, 3.8) is 0 Å². The van der Waals surface area contributed by atoms with Gasteiger partial charge in [0.05, 0.1) is 24.1 Å². The normalized spacial score (nSPS) is 13.2. The van der Waals surface area contributed by atoms with Crippen molar-refractivity contribution in [2.75, 3.05) is 18.2 Å². The molecule has 1 N–H and O–H groups in total. The third-order valence-corrected chi connectivity index (χ3v) is 6.86. The minimum atomic E-state index is -0.336. The topological polar surface area (TPSA) is 81.9 Å². The van der Waals surface area contributed by atoms with Crippen LogP contribution in [0, 0.1) is 5.82 Å². The van der Waals surface area contributed by atoms with Gasteiger partial charge in [-0.2, -0.15) is 0 Å². The van der Waals surface area contributed by atoms with Crippen LogP contribution in [0.25, 0.3) is 22.6 Å². The number of thiazole rings is 1. The fourth-order valence-corrected chi connectivity index (χ4v) is 4.92. The number of halogens is 1. The zero-order valence-electron chi connectivity index (χ0n) is 17.7. The number of thioether (sulfide) groups is 1. The van der Waals surface area contributed by atoms with Gasteiger partial charge in [0, 0.05) is 17.0 Å². The number of methoxy groups -OCH3 is 1. The van der Waals surface area contributed by atoms with Crippen molar-refractivity contribution in [1.82, 2.24) is 19.7 Å². The first-order valence-electron chi connectivity index (χ1n) is 10.3. The number of aromatic nitrogens is 4. The highest BCUT2D eigenvalue weighted by Gasteiger charge is 2.31. The second-order valence-electron chi connectivity index (χ2n) is 7.49. The number of benzene rings is 2. The molecule has 33 heavy (non-hydrogen) atoms. The van der Waals surface area contributed by atoms with Crippen molar-refractivity contribution in [2.24, 2.45) is 0 Å². The summed E-state index contributed by atoms with van der Waals surface area (Å²) in [6, 6.07) is 14.4. The summed E-state index contributed by atoms with van der Waals surface area (Å²) >= 11 is 2.66. The summed E-state index contributed by atoms with van der Waals surface area (Å²) < 4.78 is 21.4. The number of carbonyl (C=O) groups is 1. The molecule has 7 nitrogen and oxygen atoms in total. The Hall–Kier alpha value is -3.24. The molecule has 10 heteroatoms. The SMILES string of the molecule is COc1ccc(-c2csc(NC(=O)CSc3nnc(-c4ccccc4F)n3C3CC3)n2)cc1. The van der Waals surface area contributed by atoms with Crippen molar-refractivity contribution < 1.29 is 13.9 Å². The lowest BCUT2D eigenvalue weighted by Crippen LogP contribution is -2.14. The number of nitrogens with zero attached hydrogens (tertiary/aromatic N) is 4. The van der Waals surface area contributed by atoms with Crippen molar-refractivity contribution in [3.05, 3.63) is 59.7 Å². The van der Waals surface area contributed by atoms with Crippen LogP contribution in [0.3, 0.4) is 0 Å². The predicted molar refractivity (Wildman–Crippen MR) is 127 cm³/mol. The average Bonchev–Trinajstić information content (AvgIpc) is 3.42. The van der Waals surface area contributed by atoms with Gasteiger partial charge in [0.25, 0.3) is 0 Å². The molecule has 4 aromatic rings. The molecule has 2 aromatic heterocycles. The summed E-state index contributed by atoms with van der Waals surface area (Å²) in [4.78, 5) is 17.0. The van der Waals surface area contributed by atoms with Crippen LogP contribution in [0.15, 0.2) is 59.1 Å². The van der Waals surface area contributed by atoms with E-state index in [0.717, 1.165) is 29.8 Å². The Labute approximate surface area is 198 Å². The number of carbonyl (C=O) groups excluding carboxylic acids is 1. The Morgan fingerprint density at radius 2 is 2.00 bits per heavy atom. The van der Waals surface area contributed by atoms with E-state index in [1.807, 2.05) is 34.2 Å². The summed E-state index contributed by atoms with van der Waals surface area (Å²) in [5.41, 5.74) is 2.15. The Bertz CT molecular complexity index is 1280. The number of ether oxygens (including phenoxy) is 1. The zero-order chi connectivity index (χ0) is 22.8. The van der Waals surface area contributed by atoms with E-state index in [0.29, 0.717) is 21.7 Å². The van der Waals surface area contributed by atoms with Crippen LogP contribution in [0.2, 0.25) is 0 Å². The minimum Gasteiger partial charge on any atom is -0.497 e. The molecule has 0 bridgehead atoms. The highest BCUT2D eigenvalue weighted by Crippen LogP contribution is 2.41. The van der Waals surface area contributed by atoms with E-state index >= 15 is 0 Å². The minimum absolute atomic E-state index is 0.152. The van der Waals surface area contributed by atoms with Gasteiger partial charge < -0.3 is 10.1 Å². The van der Waals surface area contributed by atoms with Gasteiger partial charge in [-0.15, -0.1) is 21.5 Å². The second-order valence-corrected chi connectivity index (χ2v) is 9.29. The molecular formula is C23H20FN5O2S2. The maximum absolute atomic E-state index is 14.3. The van der Waals surface area contributed by atoms with E-state index < -0.39 is 0 Å². The highest BCUT2D eigenvalue weighted by atomic mass is 32.2. The van der Waals surface area contributed by atoms with Crippen molar-refractivity contribution in [3.8, 4) is 28.4 Å². The lowest BCUT2D eigenvalue weighted by atomic mass is 10.2. The zero-order valence-corrected chi connectivity index (χ0v) is 19.3. The molecule has 2 heterocycles. The standard InChI is InChI=1S/C23H20FN5O2S2/c1-31-16-10-6-14(7-11-16)19-12-32-22(25-19)26-20(30)13-33-23-28-27-21(29(23)15-8-9-15)17-4-2-3-5-18(17)24/h2-7,10-12,15H,8-9,13H2,1H3,(H,25,26,30). The van der Waals surface area contributed by atoms with Gasteiger partial charge in [-0.1, -0.05) is 23.9 Å². The largest absolute Gasteiger partial charge is 0.497 e. The maximum Gasteiger partial charge on any atom is 0.236 e. The van der Waals surface area contributed by atoms with Gasteiger partial charge in [0.2, 0.25) is 5.91 Å². The van der Waals surface area contributed by atoms with Crippen LogP contribution in [-0.2, 0) is 4.79 Å². The van der Waals surface area contributed by atoms with E-state index in [1.165, 1.54) is 29.2 Å². The van der Waals surface area contributed by atoms with Crippen LogP contribution in [0.1, 0.15) is 18.9 Å². The Balaban J connectivity index is 1.25. The number of anilines is 1. The summed E-state index contributed by atoms with van der Waals surface area (Å²) in [5.74, 6) is 0.907. The number of hydrogen-bond donors (Lipinski definition) is 1. The Morgan fingerprint density at radius 1 is 1.21 bits per heavy atom. The Morgan fingerprint density at radius 3 is 2.73 bits per heavy atom. The molecule has 1 fully saturated rings. The van der Waals surface area contributed by atoms with Crippen LogP contribution in [0.5, 0.6) is 5.75 Å². The second kappa shape index (κ2) is 9.32. The molecule has 168 valence electrons. The van der Waals surface area contributed by atoms with E-state index in [1.54, 1.807) is 25.3 Å². The van der Waals surface area contributed by atoms with E-state index in [4.69, 9.17) is 4.74 Å². The molecule has 0 spiro atoms. The lowest BCUT2D eigenvalue weighted by molar-refractivity contribution is -0.113. The average molecular weight is 482 g/mol. The summed E-state index contributed by atoms with van der Waals surface area (Å²) in [7, 11) is 1.62. The molecule has 5 rings (SSSR count). The van der Waals surface area contributed by atoms with E-state index in [-0.39, 0.29) is 23.5 Å². The first-order valence-corrected chi connectivity index (χ1v) is 12.2. The van der Waals surface area contributed by atoms with E-state index in [2.05, 4.69) is 20.5 Å². The molecular weight excluding hydrogens is 461 g/mol. The monoisotopic (exact) mass is 481 g/mol. The van der Waals surface area contributed by atoms with Crippen LogP contribution < -0.4 is 10.1 Å². The number of rotatable bonds is 8. The predicted octanol–water partition coefficient (Wildman–Crippen LogP) is 5.28. The smallest absolute Gasteiger partial charge is 0.236 e. The lowest BCUT2D eigenvalue weighted by Gasteiger charge is -2.09. The fourth-order valence-electron chi connectivity index (χ4n) is 3.37. The molecule has 0 saturated heterocycles. The molecule has 1 amide bonds. The molecule has 0 aliphatic heterocycles. The van der Waals surface area contributed by atoms with Gasteiger partial charge in [-0.05, 0) is 49.2 Å². The fraction of sp³-hybridized carbons (Fsp3) is 0.217. The third-order valence-electron chi connectivity index (χ3n) is 5.16. The van der Waals surface area contributed by atoms with Crippen LogP contribution >= 0.6 is 23.1 Å². The van der Waals surface area contributed by atoms with Gasteiger partial charge >= 0.3 is 0 Å². The molecule has 0 radical (unpaired) electrons. The van der Waals surface area contributed by atoms with Gasteiger partial charge in [-0.3, -0.25) is 9.36 Å². The van der Waals surface area contributed by atoms with Gasteiger partial charge in [0.15, 0.2) is 16.1 Å². The first kappa shape index (κ1) is 21.6. The quantitative estimate of drug-likeness (QED) is 0.345. The van der Waals surface area contributed by atoms with Gasteiger partial charge in [-0.25, -0.2) is 9.37 Å². The molecule has 0 unspecified atom stereocenters. The molecule has 1 aliphatic rings. The number of nitrogens with one attached hydrogen (secondary N) is 1.